The van der Waals surface area contributed by atoms with E-state index in [-0.39, 0.29) is 56.7 Å². The second kappa shape index (κ2) is 12.5. The van der Waals surface area contributed by atoms with Crippen LogP contribution in [0.1, 0.15) is 33.0 Å². The molecule has 1 aliphatic rings. The summed E-state index contributed by atoms with van der Waals surface area (Å²) in [6.45, 7) is -0.00475. The molecule has 0 aromatic heterocycles. The van der Waals surface area contributed by atoms with Gasteiger partial charge in [0.2, 0.25) is 5.88 Å². The predicted molar refractivity (Wildman–Crippen MR) is 157 cm³/mol. The Labute approximate surface area is 256 Å². The van der Waals surface area contributed by atoms with E-state index in [2.05, 4.69) is 6.07 Å². The average Bonchev–Trinajstić information content (AvgIpc) is 2.99. The highest BCUT2D eigenvalue weighted by Gasteiger charge is 2.32. The first-order chi connectivity index (χ1) is 20.7. The normalized spacial score (nSPS) is 13.8. The molecular formula is C32H23Cl2FN2O6. The minimum Gasteiger partial charge on any atom is -0.494 e. The van der Waals surface area contributed by atoms with Gasteiger partial charge in [-0.1, -0.05) is 53.5 Å². The molecule has 0 aliphatic carbocycles. The van der Waals surface area contributed by atoms with Crippen LogP contribution in [0.15, 0.2) is 84.3 Å². The Kier molecular flexibility index (Phi) is 8.62. The van der Waals surface area contributed by atoms with Crippen molar-refractivity contribution in [3.8, 4) is 34.8 Å². The fourth-order valence-electron chi connectivity index (χ4n) is 4.63. The fraction of sp³-hybridized carbons (Fsp3) is 0.125. The van der Waals surface area contributed by atoms with E-state index < -0.39 is 11.9 Å². The molecule has 0 radical (unpaired) electrons. The summed E-state index contributed by atoms with van der Waals surface area (Å²) < 4.78 is 41.9. The lowest BCUT2D eigenvalue weighted by molar-refractivity contribution is 0.0734. The number of fused-ring (bicyclic) bond motifs is 1. The van der Waals surface area contributed by atoms with Gasteiger partial charge in [0.05, 0.1) is 35.7 Å². The quantitative estimate of drug-likeness (QED) is 0.163. The number of hydrogen-bond acceptors (Lipinski definition) is 8. The molecule has 4 aromatic rings. The Morgan fingerprint density at radius 3 is 2.42 bits per heavy atom. The maximum atomic E-state index is 14.1. The summed E-state index contributed by atoms with van der Waals surface area (Å²) in [5.41, 5.74) is 8.10. The van der Waals surface area contributed by atoms with Gasteiger partial charge in [-0.25, -0.2) is 9.18 Å². The van der Waals surface area contributed by atoms with Crippen molar-refractivity contribution in [2.24, 2.45) is 5.73 Å². The van der Waals surface area contributed by atoms with Crippen LogP contribution in [-0.2, 0) is 6.61 Å². The van der Waals surface area contributed by atoms with E-state index >= 15 is 0 Å². The van der Waals surface area contributed by atoms with Crippen molar-refractivity contribution in [1.82, 2.24) is 0 Å². The van der Waals surface area contributed by atoms with Gasteiger partial charge in [0.1, 0.15) is 35.6 Å². The van der Waals surface area contributed by atoms with E-state index in [0.717, 1.165) is 0 Å². The zero-order valence-corrected chi connectivity index (χ0v) is 24.3. The Bertz CT molecular complexity index is 1780. The van der Waals surface area contributed by atoms with E-state index in [1.165, 1.54) is 38.5 Å². The zero-order valence-electron chi connectivity index (χ0n) is 22.8. The molecule has 218 valence electrons. The molecule has 1 unspecified atom stereocenters. The third kappa shape index (κ3) is 6.02. The van der Waals surface area contributed by atoms with Gasteiger partial charge in [0.15, 0.2) is 17.2 Å². The van der Waals surface area contributed by atoms with Gasteiger partial charge in [0, 0.05) is 17.2 Å². The van der Waals surface area contributed by atoms with Crippen molar-refractivity contribution in [3.05, 3.63) is 122 Å². The van der Waals surface area contributed by atoms with Crippen LogP contribution < -0.4 is 29.4 Å². The number of carbonyl (C=O) groups excluding carboxylic acids is 1. The molecule has 8 nitrogen and oxygen atoms in total. The number of nitrogens with zero attached hydrogens (tertiary/aromatic N) is 1. The van der Waals surface area contributed by atoms with Crippen LogP contribution in [0.3, 0.4) is 0 Å². The number of ether oxygens (including phenoxy) is 5. The molecule has 0 spiro atoms. The summed E-state index contributed by atoms with van der Waals surface area (Å²) in [5.74, 6) is -0.371. The first-order valence-electron chi connectivity index (χ1n) is 12.7. The van der Waals surface area contributed by atoms with Crippen LogP contribution in [-0.4, -0.2) is 20.2 Å². The highest BCUT2D eigenvalue weighted by Crippen LogP contribution is 2.45. The third-order valence-electron chi connectivity index (χ3n) is 6.70. The molecule has 2 N–H and O–H groups in total. The van der Waals surface area contributed by atoms with Gasteiger partial charge in [-0.15, -0.1) is 0 Å². The number of benzene rings is 4. The van der Waals surface area contributed by atoms with Crippen molar-refractivity contribution >= 4 is 29.2 Å². The molecule has 1 aliphatic heterocycles. The number of carbonyl (C=O) groups is 1. The monoisotopic (exact) mass is 620 g/mol. The van der Waals surface area contributed by atoms with E-state index in [1.54, 1.807) is 48.5 Å². The Hall–Kier alpha value is -4.91. The van der Waals surface area contributed by atoms with Crippen LogP contribution in [0.2, 0.25) is 10.0 Å². The molecule has 1 heterocycles. The fourth-order valence-corrected chi connectivity index (χ4v) is 5.28. The smallest absolute Gasteiger partial charge is 0.343 e. The second-order valence-electron chi connectivity index (χ2n) is 9.28. The molecule has 0 fully saturated rings. The summed E-state index contributed by atoms with van der Waals surface area (Å²) in [6.07, 6.45) is 0. The Morgan fingerprint density at radius 2 is 1.74 bits per heavy atom. The van der Waals surface area contributed by atoms with E-state index in [4.69, 9.17) is 52.6 Å². The molecule has 0 amide bonds. The van der Waals surface area contributed by atoms with E-state index in [9.17, 15) is 14.4 Å². The summed E-state index contributed by atoms with van der Waals surface area (Å²) in [6, 6.07) is 21.1. The summed E-state index contributed by atoms with van der Waals surface area (Å²) >= 11 is 12.3. The maximum absolute atomic E-state index is 14.1. The number of halogens is 3. The molecule has 1 atom stereocenters. The highest BCUT2D eigenvalue weighted by atomic mass is 35.5. The van der Waals surface area contributed by atoms with Crippen molar-refractivity contribution in [1.29, 1.82) is 5.26 Å². The van der Waals surface area contributed by atoms with Crippen LogP contribution in [0, 0.1) is 17.1 Å². The number of methoxy groups -OCH3 is 2. The SMILES string of the molecule is COc1cc(C2C(C#N)=C(N)Oc3cc(OC(=O)c4cc(Cl)c(OC)c(Cl)c4)ccc32)ccc1OCc1ccccc1F. The molecular weight excluding hydrogens is 598 g/mol. The topological polar surface area (TPSA) is 113 Å². The largest absolute Gasteiger partial charge is 0.494 e. The van der Waals surface area contributed by atoms with Crippen LogP contribution >= 0.6 is 23.2 Å². The third-order valence-corrected chi connectivity index (χ3v) is 7.26. The van der Waals surface area contributed by atoms with Crippen molar-refractivity contribution in [2.45, 2.75) is 12.5 Å². The van der Waals surface area contributed by atoms with Gasteiger partial charge in [0.25, 0.3) is 0 Å². The summed E-state index contributed by atoms with van der Waals surface area (Å²) in [4.78, 5) is 12.9. The lowest BCUT2D eigenvalue weighted by atomic mass is 9.83. The average molecular weight is 621 g/mol. The maximum Gasteiger partial charge on any atom is 0.343 e. The molecule has 4 aromatic carbocycles. The van der Waals surface area contributed by atoms with Gasteiger partial charge < -0.3 is 29.4 Å². The molecule has 0 bridgehead atoms. The minimum absolute atomic E-state index is 0.00475. The number of hydrogen-bond donors (Lipinski definition) is 1. The van der Waals surface area contributed by atoms with E-state index in [1.807, 2.05) is 0 Å². The number of allylic oxidation sites excluding steroid dienone is 1. The van der Waals surface area contributed by atoms with Crippen LogP contribution in [0.5, 0.6) is 28.7 Å². The zero-order chi connectivity index (χ0) is 30.7. The van der Waals surface area contributed by atoms with Crippen LogP contribution in [0.25, 0.3) is 0 Å². The number of esters is 1. The minimum atomic E-state index is -0.712. The van der Waals surface area contributed by atoms with Gasteiger partial charge >= 0.3 is 5.97 Å². The number of rotatable bonds is 8. The predicted octanol–water partition coefficient (Wildman–Crippen LogP) is 7.17. The van der Waals surface area contributed by atoms with Gasteiger partial charge in [-0.2, -0.15) is 5.26 Å². The van der Waals surface area contributed by atoms with E-state index in [0.29, 0.717) is 28.2 Å². The molecule has 11 heteroatoms. The van der Waals surface area contributed by atoms with Crippen molar-refractivity contribution in [3.63, 3.8) is 0 Å². The van der Waals surface area contributed by atoms with Gasteiger partial charge in [-0.3, -0.25) is 0 Å². The van der Waals surface area contributed by atoms with Gasteiger partial charge in [-0.05, 0) is 42.0 Å². The Morgan fingerprint density at radius 1 is 1.00 bits per heavy atom. The highest BCUT2D eigenvalue weighted by molar-refractivity contribution is 6.37. The molecule has 5 rings (SSSR count). The second-order valence-corrected chi connectivity index (χ2v) is 10.1. The number of nitriles is 1. The molecule has 43 heavy (non-hydrogen) atoms. The van der Waals surface area contributed by atoms with Crippen LogP contribution in [0.4, 0.5) is 4.39 Å². The first kappa shape index (κ1) is 29.6. The number of nitrogens with two attached hydrogens (primary N) is 1. The lowest BCUT2D eigenvalue weighted by Gasteiger charge is -2.27. The summed E-state index contributed by atoms with van der Waals surface area (Å²) in [5, 5.41) is 10.3. The first-order valence-corrected chi connectivity index (χ1v) is 13.5. The summed E-state index contributed by atoms with van der Waals surface area (Å²) in [7, 11) is 2.89. The van der Waals surface area contributed by atoms with Crippen molar-refractivity contribution in [2.75, 3.05) is 14.2 Å². The lowest BCUT2D eigenvalue weighted by Crippen LogP contribution is -2.21. The molecule has 0 saturated heterocycles. The standard InChI is InChI=1S/C32H23Cl2FN2O6/c1-39-28-13-17(7-10-26(28)41-16-18-5-3-4-6-25(18)35)29-21-9-8-20(14-27(21)43-31(37)22(29)15-36)42-32(38)19-11-23(33)30(40-2)24(34)12-19/h3-14,29H,16,37H2,1-2H3. The van der Waals surface area contributed by atoms with Crippen molar-refractivity contribution < 1.29 is 32.9 Å². The molecule has 0 saturated carbocycles. The Balaban J connectivity index is 1.43.